The third kappa shape index (κ3) is 24.3. The van der Waals surface area contributed by atoms with Crippen molar-refractivity contribution in [3.8, 4) is 5.75 Å². The second kappa shape index (κ2) is 38.8. The summed E-state index contributed by atoms with van der Waals surface area (Å²) in [5.41, 5.74) is 14.6. The predicted octanol–water partition coefficient (Wildman–Crippen LogP) is -1.73. The van der Waals surface area contributed by atoms with Crippen LogP contribution in [-0.2, 0) is 85.0 Å². The van der Waals surface area contributed by atoms with Gasteiger partial charge < -0.3 is 99.5 Å². The number of aliphatic hydroxyl groups excluding tert-OH is 1. The van der Waals surface area contributed by atoms with Gasteiger partial charge in [-0.25, -0.2) is 9.97 Å². The van der Waals surface area contributed by atoms with E-state index in [0.29, 0.717) is 59.3 Å². The number of amides is 10. The van der Waals surface area contributed by atoms with E-state index in [1.54, 1.807) is 48.4 Å². The highest BCUT2D eigenvalue weighted by Gasteiger charge is 2.40. The molecule has 2 aliphatic rings. The average Bonchev–Trinajstić information content (AvgIpc) is 1.76. The second-order valence-electron chi connectivity index (χ2n) is 24.9. The molecule has 3 aromatic carbocycles. The minimum absolute atomic E-state index is 0. The summed E-state index contributed by atoms with van der Waals surface area (Å²) in [5, 5.41) is 53.7. The maximum Gasteiger partial charge on any atom is 0.300 e. The van der Waals surface area contributed by atoms with Crippen molar-refractivity contribution >= 4 is 81.9 Å². The number of benzene rings is 3. The zero-order chi connectivity index (χ0) is 72.4. The van der Waals surface area contributed by atoms with Gasteiger partial charge in [-0.2, -0.15) is 0 Å². The maximum absolute atomic E-state index is 15.1. The number of phenolic OH excluding ortho intramolecular Hbond substituents is 1. The van der Waals surface area contributed by atoms with Gasteiger partial charge >= 0.3 is 0 Å². The molecule has 544 valence electrons. The number of nitrogens with zero attached hydrogens (tertiary/aromatic N) is 5. The van der Waals surface area contributed by atoms with Gasteiger partial charge in [0.05, 0.1) is 25.0 Å². The van der Waals surface area contributed by atoms with Crippen LogP contribution in [0.25, 0.3) is 10.9 Å². The molecule has 0 spiro atoms. The Morgan fingerprint density at radius 3 is 1.91 bits per heavy atom. The highest BCUT2D eigenvalue weighted by atomic mass is 16.4. The monoisotopic (exact) mass is 1400 g/mol. The van der Waals surface area contributed by atoms with Crippen LogP contribution in [0.1, 0.15) is 101 Å². The molecule has 2 saturated heterocycles. The van der Waals surface area contributed by atoms with Gasteiger partial charge in [0.2, 0.25) is 59.1 Å². The first kappa shape index (κ1) is 78.8. The van der Waals surface area contributed by atoms with Crippen molar-refractivity contribution < 1.29 is 73.5 Å². The van der Waals surface area contributed by atoms with Crippen LogP contribution in [0.15, 0.2) is 115 Å². The Labute approximate surface area is 582 Å². The van der Waals surface area contributed by atoms with E-state index in [4.69, 9.17) is 21.4 Å². The highest BCUT2D eigenvalue weighted by Crippen LogP contribution is 2.23. The van der Waals surface area contributed by atoms with Crippen LogP contribution in [0.2, 0.25) is 0 Å². The lowest BCUT2D eigenvalue weighted by atomic mass is 10.0. The summed E-state index contributed by atoms with van der Waals surface area (Å²) in [6.45, 7) is 6.58. The van der Waals surface area contributed by atoms with Gasteiger partial charge in [-0.15, -0.1) is 0 Å². The van der Waals surface area contributed by atoms with Crippen LogP contribution < -0.4 is 59.3 Å². The fourth-order valence-corrected chi connectivity index (χ4v) is 11.6. The van der Waals surface area contributed by atoms with Crippen LogP contribution in [0.3, 0.4) is 0 Å². The highest BCUT2D eigenvalue weighted by molar-refractivity contribution is 5.99. The number of aromatic hydroxyl groups is 1. The molecule has 6 aromatic rings. The number of carbonyl (C=O) groups is 11. The number of carboxylic acids is 1. The largest absolute Gasteiger partial charge is 0.508 e. The number of rotatable bonds is 34. The van der Waals surface area contributed by atoms with E-state index in [1.165, 1.54) is 41.7 Å². The van der Waals surface area contributed by atoms with Crippen molar-refractivity contribution in [1.82, 2.24) is 77.3 Å². The number of aliphatic carboxylic acids is 1. The van der Waals surface area contributed by atoms with Crippen LogP contribution >= 0.6 is 0 Å². The quantitative estimate of drug-likeness (QED) is 0.0121. The number of aliphatic imine (C=N–C) groups is 1. The Bertz CT molecular complexity index is 3800. The van der Waals surface area contributed by atoms with Crippen LogP contribution in [0.5, 0.6) is 5.75 Å². The normalized spacial score (nSPS) is 16.0. The van der Waals surface area contributed by atoms with E-state index in [2.05, 4.69) is 72.8 Å². The van der Waals surface area contributed by atoms with Gasteiger partial charge in [0.15, 0.2) is 5.96 Å². The number of aliphatic hydroxyl groups is 1. The molecule has 0 aliphatic carbocycles. The number of carboxylic acid groups (broad SMARTS) is 1. The molecule has 0 bridgehead atoms. The molecule has 10 amide bonds. The van der Waals surface area contributed by atoms with E-state index >= 15 is 9.59 Å². The second-order valence-corrected chi connectivity index (χ2v) is 24.9. The Hall–Kier alpha value is -11.2. The molecule has 101 heavy (non-hydrogen) atoms. The SMILES string of the molecule is CC(=O)O.CCNC(=O)C1CCCN1C(=O)C(CCCN=C(N)N)NC(=O)C(CC(C)C)NC(=O)C(Cc1cn(Cc2ccccc2)cn1)NC(=O)C(Cc1ccc(O)cc1)NC(=O)C(CO)NC(=O)C(Cc1c[nH]c2ccccc12)NC(=O)C(Cc1cnc[nH]1)NC(=O)C1CCC(=O)N1.O. The van der Waals surface area contributed by atoms with Gasteiger partial charge in [0.1, 0.15) is 60.1 Å². The number of fused-ring (bicyclic) bond motifs is 1. The lowest BCUT2D eigenvalue weighted by molar-refractivity contribution is -0.142. The number of aromatic amines is 2. The number of H-pyrrole nitrogens is 2. The van der Waals surface area contributed by atoms with Crippen molar-refractivity contribution in [2.75, 3.05) is 26.2 Å². The average molecular weight is 1400 g/mol. The Balaban J connectivity index is 0.00000312. The van der Waals surface area contributed by atoms with Gasteiger partial charge in [0.25, 0.3) is 5.97 Å². The standard InChI is InChI=1S/C66H86N18O12.C2H4O2.H2O/c1-4-70-64(95)55-17-11-25-84(55)65(96)48(16-10-24-71-66(67)68)76-58(89)49(26-38(2)3)77-62(93)53(30-43-34-83(37-74-43)33-40-12-6-5-7-13-40)81-59(90)50(27-39-18-20-44(86)21-19-39)78-63(94)54(35-85)82-60(91)51(28-41-31-72-46-15-9-8-14-45(41)46)79-61(92)52(29-42-32-69-36-73-42)80-57(88)47-22-23-56(87)75-47;1-2(3)4;/h5-9,12-15,18-21,31-32,34,36-38,47-55,72,85-86H,4,10-11,16-17,22-30,33,35H2,1-3H3,(H,69,73)(H,70,95)(H,75,87)(H,76,89)(H,77,93)(H,78,94)(H,79,92)(H,80,88)(H,81,90)(H,82,91)(H4,67,68,71);1H3,(H,3,4);1H2. The first-order valence-corrected chi connectivity index (χ1v) is 33.1. The first-order chi connectivity index (χ1) is 47.9. The fraction of sp³-hybridized carbons (Fsp3) is 0.441. The molecule has 2 aliphatic heterocycles. The van der Waals surface area contributed by atoms with E-state index in [9.17, 15) is 48.6 Å². The number of aromatic nitrogens is 5. The summed E-state index contributed by atoms with van der Waals surface area (Å²) >= 11 is 0. The molecule has 33 heteroatoms. The lowest BCUT2D eigenvalue weighted by Gasteiger charge is -2.30. The van der Waals surface area contributed by atoms with Crippen LogP contribution in [0.4, 0.5) is 0 Å². The summed E-state index contributed by atoms with van der Waals surface area (Å²) in [7, 11) is 0. The third-order valence-corrected chi connectivity index (χ3v) is 16.5. The lowest BCUT2D eigenvalue weighted by Crippen LogP contribution is -2.61. The van der Waals surface area contributed by atoms with E-state index in [1.807, 2.05) is 50.2 Å². The number of para-hydroxylation sites is 1. The molecule has 0 saturated carbocycles. The van der Waals surface area contributed by atoms with Crippen LogP contribution in [-0.4, -0.2) is 202 Å². The molecule has 2 fully saturated rings. The molecule has 20 N–H and O–H groups in total. The molecule has 3 aromatic heterocycles. The summed E-state index contributed by atoms with van der Waals surface area (Å²) in [4.78, 5) is 171. The van der Waals surface area contributed by atoms with Crippen molar-refractivity contribution in [1.29, 1.82) is 0 Å². The molecular weight excluding hydrogens is 1310 g/mol. The molecule has 5 heterocycles. The minimum Gasteiger partial charge on any atom is -0.508 e. The van der Waals surface area contributed by atoms with Crippen molar-refractivity contribution in [3.05, 3.63) is 138 Å². The van der Waals surface area contributed by atoms with E-state index in [0.717, 1.165) is 12.5 Å². The number of imidazole rings is 2. The number of nitrogens with one attached hydrogen (secondary N) is 11. The summed E-state index contributed by atoms with van der Waals surface area (Å²) < 4.78 is 1.78. The fourth-order valence-electron chi connectivity index (χ4n) is 11.6. The number of nitrogens with two attached hydrogens (primary N) is 2. The third-order valence-electron chi connectivity index (χ3n) is 16.5. The maximum atomic E-state index is 15.1. The molecule has 8 rings (SSSR count). The topological polar surface area (TPSA) is 518 Å². The van der Waals surface area contributed by atoms with Gasteiger partial charge in [-0.3, -0.25) is 57.7 Å². The first-order valence-electron chi connectivity index (χ1n) is 33.1. The minimum atomic E-state index is -1.79. The van der Waals surface area contributed by atoms with Gasteiger partial charge in [-0.1, -0.05) is 74.5 Å². The van der Waals surface area contributed by atoms with Crippen molar-refractivity contribution in [3.63, 3.8) is 0 Å². The summed E-state index contributed by atoms with van der Waals surface area (Å²) in [5.74, 6) is -8.55. The number of hydrogen-bond acceptors (Lipinski definition) is 16. The zero-order valence-corrected chi connectivity index (χ0v) is 56.7. The number of phenols is 1. The number of guanidine groups is 1. The zero-order valence-electron chi connectivity index (χ0n) is 56.7. The predicted molar refractivity (Wildman–Crippen MR) is 369 cm³/mol. The molecular formula is C68H92N18O15. The number of carbonyl (C=O) groups excluding carboxylic acids is 10. The number of likely N-dealkylation sites (N-methyl/N-ethyl adjacent to an activating group) is 1. The van der Waals surface area contributed by atoms with Crippen molar-refractivity contribution in [2.24, 2.45) is 22.4 Å². The van der Waals surface area contributed by atoms with E-state index < -0.39 is 114 Å². The van der Waals surface area contributed by atoms with E-state index in [-0.39, 0.29) is 106 Å². The van der Waals surface area contributed by atoms with Gasteiger partial charge in [0, 0.05) is 100 Å². The molecule has 33 nitrogen and oxygen atoms in total. The summed E-state index contributed by atoms with van der Waals surface area (Å²) in [6.07, 6.45) is 8.49. The summed E-state index contributed by atoms with van der Waals surface area (Å²) in [6, 6.07) is 10.5. The molecule has 0 radical (unpaired) electrons. The molecule has 9 atom stereocenters. The number of hydrogen-bond donors (Lipinski definition) is 16. The Kier molecular flexibility index (Phi) is 30.3. The smallest absolute Gasteiger partial charge is 0.300 e. The Morgan fingerprint density at radius 2 is 1.30 bits per heavy atom. The van der Waals surface area contributed by atoms with Crippen LogP contribution in [0, 0.1) is 5.92 Å². The van der Waals surface area contributed by atoms with Gasteiger partial charge in [-0.05, 0) is 86.3 Å². The molecule has 9 unspecified atom stereocenters. The number of likely N-dealkylation sites (tertiary alicyclic amines) is 1. The Morgan fingerprint density at radius 1 is 0.703 bits per heavy atom. The van der Waals surface area contributed by atoms with Crippen molar-refractivity contribution in [2.45, 2.75) is 159 Å².